The monoisotopic (exact) mass is 315 g/mol. The summed E-state index contributed by atoms with van der Waals surface area (Å²) in [6.45, 7) is -0.140. The lowest BCUT2D eigenvalue weighted by molar-refractivity contribution is -0.275. The van der Waals surface area contributed by atoms with Crippen LogP contribution in [-0.4, -0.2) is 44.4 Å². The first-order chi connectivity index (χ1) is 10.3. The summed E-state index contributed by atoms with van der Waals surface area (Å²) in [4.78, 5) is 13.2. The number of ether oxygens (including phenoxy) is 1. The molecule has 0 spiro atoms. The molecule has 0 unspecified atom stereocenters. The fourth-order valence-electron chi connectivity index (χ4n) is 1.71. The van der Waals surface area contributed by atoms with Crippen molar-refractivity contribution in [3.8, 4) is 5.75 Å². The van der Waals surface area contributed by atoms with Crippen molar-refractivity contribution in [2.24, 2.45) is 0 Å². The molecule has 7 nitrogen and oxygen atoms in total. The van der Waals surface area contributed by atoms with E-state index in [0.29, 0.717) is 0 Å². The Morgan fingerprint density at radius 1 is 1.36 bits per heavy atom. The SMILES string of the molecule is CN(Cc1ccccc1OC(F)(F)F)C(=O)Cn1cnnn1. The molecule has 1 aromatic heterocycles. The quantitative estimate of drug-likeness (QED) is 0.830. The van der Waals surface area contributed by atoms with Crippen LogP contribution in [0.3, 0.4) is 0 Å². The highest BCUT2D eigenvalue weighted by molar-refractivity contribution is 5.75. The largest absolute Gasteiger partial charge is 0.573 e. The highest BCUT2D eigenvalue weighted by Crippen LogP contribution is 2.26. The van der Waals surface area contributed by atoms with Gasteiger partial charge in [0.05, 0.1) is 0 Å². The van der Waals surface area contributed by atoms with Gasteiger partial charge >= 0.3 is 6.36 Å². The minimum atomic E-state index is -4.79. The molecular formula is C12H12F3N5O2. The Bertz CT molecular complexity index is 630. The lowest BCUT2D eigenvalue weighted by Gasteiger charge is -2.19. The number of tetrazole rings is 1. The summed E-state index contributed by atoms with van der Waals surface area (Å²) in [6, 6.07) is 5.65. The van der Waals surface area contributed by atoms with Gasteiger partial charge in [-0.05, 0) is 16.5 Å². The van der Waals surface area contributed by atoms with Gasteiger partial charge in [0, 0.05) is 19.2 Å². The second-order valence-corrected chi connectivity index (χ2v) is 4.41. The molecule has 0 aliphatic heterocycles. The van der Waals surface area contributed by atoms with E-state index in [2.05, 4.69) is 20.3 Å². The number of para-hydroxylation sites is 1. The first-order valence-corrected chi connectivity index (χ1v) is 6.13. The van der Waals surface area contributed by atoms with Crippen LogP contribution in [0.4, 0.5) is 13.2 Å². The molecule has 0 N–H and O–H groups in total. The van der Waals surface area contributed by atoms with Crippen LogP contribution in [-0.2, 0) is 17.9 Å². The Morgan fingerprint density at radius 3 is 2.73 bits per heavy atom. The fraction of sp³-hybridized carbons (Fsp3) is 0.333. The summed E-state index contributed by atoms with van der Waals surface area (Å²) in [5, 5.41) is 10.3. The lowest BCUT2D eigenvalue weighted by atomic mass is 10.2. The summed E-state index contributed by atoms with van der Waals surface area (Å²) in [7, 11) is 1.47. The number of alkyl halides is 3. The number of nitrogens with zero attached hydrogens (tertiary/aromatic N) is 5. The number of hydrogen-bond donors (Lipinski definition) is 0. The Kier molecular flexibility index (Phi) is 4.59. The average Bonchev–Trinajstić information content (AvgIpc) is 2.92. The van der Waals surface area contributed by atoms with Gasteiger partial charge in [-0.3, -0.25) is 4.79 Å². The van der Waals surface area contributed by atoms with Crippen LogP contribution in [0.1, 0.15) is 5.56 Å². The maximum Gasteiger partial charge on any atom is 0.573 e. The molecule has 0 saturated carbocycles. The van der Waals surface area contributed by atoms with E-state index in [1.54, 1.807) is 6.07 Å². The summed E-state index contributed by atoms with van der Waals surface area (Å²) < 4.78 is 42.2. The number of likely N-dealkylation sites (N-methyl/N-ethyl adjacent to an activating group) is 1. The van der Waals surface area contributed by atoms with Crippen molar-refractivity contribution < 1.29 is 22.7 Å². The highest BCUT2D eigenvalue weighted by Gasteiger charge is 2.32. The third-order valence-electron chi connectivity index (χ3n) is 2.72. The van der Waals surface area contributed by atoms with Crippen LogP contribution in [0.15, 0.2) is 30.6 Å². The Morgan fingerprint density at radius 2 is 2.09 bits per heavy atom. The Hall–Kier alpha value is -2.65. The standard InChI is InChI=1S/C12H12F3N5O2/c1-19(11(21)7-20-8-16-17-18-20)6-9-4-2-3-5-10(9)22-12(13,14)15/h2-5,8H,6-7H2,1H3. The van der Waals surface area contributed by atoms with E-state index in [1.807, 2.05) is 0 Å². The van der Waals surface area contributed by atoms with Gasteiger partial charge in [-0.2, -0.15) is 0 Å². The second kappa shape index (κ2) is 6.41. The molecule has 0 aliphatic rings. The van der Waals surface area contributed by atoms with E-state index < -0.39 is 6.36 Å². The van der Waals surface area contributed by atoms with Gasteiger partial charge in [-0.1, -0.05) is 18.2 Å². The van der Waals surface area contributed by atoms with Crippen LogP contribution in [0.2, 0.25) is 0 Å². The zero-order valence-electron chi connectivity index (χ0n) is 11.5. The Labute approximate surface area is 123 Å². The minimum absolute atomic E-state index is 0.0345. The fourth-order valence-corrected chi connectivity index (χ4v) is 1.71. The van der Waals surface area contributed by atoms with Crippen molar-refractivity contribution in [3.05, 3.63) is 36.2 Å². The third-order valence-corrected chi connectivity index (χ3v) is 2.72. The molecule has 0 saturated heterocycles. The number of aromatic nitrogens is 4. The molecule has 0 radical (unpaired) electrons. The predicted molar refractivity (Wildman–Crippen MR) is 67.4 cm³/mol. The van der Waals surface area contributed by atoms with Crippen molar-refractivity contribution >= 4 is 5.91 Å². The van der Waals surface area contributed by atoms with Crippen LogP contribution < -0.4 is 4.74 Å². The van der Waals surface area contributed by atoms with E-state index in [9.17, 15) is 18.0 Å². The third kappa shape index (κ3) is 4.43. The number of hydrogen-bond acceptors (Lipinski definition) is 5. The smallest absolute Gasteiger partial charge is 0.405 e. The number of halogens is 3. The van der Waals surface area contributed by atoms with Gasteiger partial charge in [-0.25, -0.2) is 4.68 Å². The molecule has 1 aromatic carbocycles. The molecule has 0 fully saturated rings. The minimum Gasteiger partial charge on any atom is -0.405 e. The molecule has 10 heteroatoms. The zero-order valence-corrected chi connectivity index (χ0v) is 11.5. The molecule has 0 bridgehead atoms. The summed E-state index contributed by atoms with van der Waals surface area (Å²) in [6.07, 6.45) is -3.52. The van der Waals surface area contributed by atoms with Crippen LogP contribution in [0.5, 0.6) is 5.75 Å². The number of rotatable bonds is 5. The first-order valence-electron chi connectivity index (χ1n) is 6.13. The van der Waals surface area contributed by atoms with Gasteiger partial charge in [0.1, 0.15) is 18.6 Å². The number of carbonyl (C=O) groups excluding carboxylic acids is 1. The molecular weight excluding hydrogens is 303 g/mol. The molecule has 0 aliphatic carbocycles. The number of benzene rings is 1. The van der Waals surface area contributed by atoms with Crippen molar-refractivity contribution in [1.82, 2.24) is 25.1 Å². The maximum atomic E-state index is 12.3. The molecule has 0 atom stereocenters. The number of carbonyl (C=O) groups is 1. The van der Waals surface area contributed by atoms with E-state index in [1.165, 1.54) is 41.2 Å². The van der Waals surface area contributed by atoms with E-state index in [-0.39, 0.29) is 30.3 Å². The van der Waals surface area contributed by atoms with Crippen molar-refractivity contribution in [1.29, 1.82) is 0 Å². The first kappa shape index (κ1) is 15.7. The van der Waals surface area contributed by atoms with Crippen LogP contribution in [0, 0.1) is 0 Å². The van der Waals surface area contributed by atoms with Gasteiger partial charge in [0.15, 0.2) is 0 Å². The Balaban J connectivity index is 2.05. The van der Waals surface area contributed by atoms with Gasteiger partial charge in [-0.15, -0.1) is 18.3 Å². The average molecular weight is 315 g/mol. The van der Waals surface area contributed by atoms with Crippen molar-refractivity contribution in [2.45, 2.75) is 19.5 Å². The zero-order chi connectivity index (χ0) is 16.2. The normalized spacial score (nSPS) is 11.3. The van der Waals surface area contributed by atoms with E-state index in [4.69, 9.17) is 0 Å². The van der Waals surface area contributed by atoms with E-state index >= 15 is 0 Å². The molecule has 118 valence electrons. The molecule has 22 heavy (non-hydrogen) atoms. The van der Waals surface area contributed by atoms with Crippen molar-refractivity contribution in [2.75, 3.05) is 7.05 Å². The van der Waals surface area contributed by atoms with Gasteiger partial charge in [0.25, 0.3) is 0 Å². The van der Waals surface area contributed by atoms with Gasteiger partial charge in [0.2, 0.25) is 5.91 Å². The topological polar surface area (TPSA) is 73.1 Å². The van der Waals surface area contributed by atoms with E-state index in [0.717, 1.165) is 0 Å². The van der Waals surface area contributed by atoms with Crippen LogP contribution >= 0.6 is 0 Å². The lowest BCUT2D eigenvalue weighted by Crippen LogP contribution is -2.30. The molecule has 2 aromatic rings. The van der Waals surface area contributed by atoms with Gasteiger partial charge < -0.3 is 9.64 Å². The molecule has 2 rings (SSSR count). The van der Waals surface area contributed by atoms with Crippen LogP contribution in [0.25, 0.3) is 0 Å². The summed E-state index contributed by atoms with van der Waals surface area (Å²) in [5.74, 6) is -0.689. The number of amides is 1. The maximum absolute atomic E-state index is 12.3. The van der Waals surface area contributed by atoms with Crippen molar-refractivity contribution in [3.63, 3.8) is 0 Å². The molecule has 1 amide bonds. The predicted octanol–water partition coefficient (Wildman–Crippen LogP) is 1.23. The summed E-state index contributed by atoms with van der Waals surface area (Å²) >= 11 is 0. The molecule has 1 heterocycles. The second-order valence-electron chi connectivity index (χ2n) is 4.41. The highest BCUT2D eigenvalue weighted by atomic mass is 19.4. The summed E-state index contributed by atoms with van der Waals surface area (Å²) in [5.41, 5.74) is 0.243.